The first-order valence-corrected chi connectivity index (χ1v) is 15.6. The van der Waals surface area contributed by atoms with Crippen molar-refractivity contribution in [3.05, 3.63) is 95.4 Å². The van der Waals surface area contributed by atoms with Crippen molar-refractivity contribution in [2.24, 2.45) is 11.8 Å². The Morgan fingerprint density at radius 2 is 1.33 bits per heavy atom. The zero-order valence-electron chi connectivity index (χ0n) is 26.8. The summed E-state index contributed by atoms with van der Waals surface area (Å²) in [6.45, 7) is 2.56. The predicted octanol–water partition coefficient (Wildman–Crippen LogP) is 8.07. The Balaban J connectivity index is 1.30. The lowest BCUT2D eigenvalue weighted by atomic mass is 9.86. The number of carbonyl (C=O) groups excluding carboxylic acids is 1. The molecule has 0 radical (unpaired) electrons. The van der Waals surface area contributed by atoms with Gasteiger partial charge in [-0.05, 0) is 79.5 Å². The minimum Gasteiger partial charge on any atom is -0.493 e. The van der Waals surface area contributed by atoms with E-state index >= 15 is 0 Å². The van der Waals surface area contributed by atoms with E-state index in [1.54, 1.807) is 4.90 Å². The fourth-order valence-electron chi connectivity index (χ4n) is 5.46. The number of hydrogen-bond donors (Lipinski definition) is 1. The van der Waals surface area contributed by atoms with Crippen LogP contribution in [0.15, 0.2) is 77.3 Å². The topological polar surface area (TPSA) is 89.7 Å². The van der Waals surface area contributed by atoms with Crippen LogP contribution in [0.1, 0.15) is 42.0 Å². The van der Waals surface area contributed by atoms with Crippen molar-refractivity contribution in [1.29, 1.82) is 0 Å². The van der Waals surface area contributed by atoms with Crippen LogP contribution in [0.3, 0.4) is 0 Å². The third-order valence-electron chi connectivity index (χ3n) is 8.40. The molecule has 0 spiro atoms. The molecule has 1 saturated heterocycles. The highest BCUT2D eigenvalue weighted by atomic mass is 19.4. The van der Waals surface area contributed by atoms with Crippen molar-refractivity contribution < 1.29 is 58.3 Å². The molecule has 1 aliphatic rings. The molecule has 8 nitrogen and oxygen atoms in total. The maximum atomic E-state index is 13.7. The zero-order valence-corrected chi connectivity index (χ0v) is 26.8. The molecule has 51 heavy (non-hydrogen) atoms. The summed E-state index contributed by atoms with van der Waals surface area (Å²) in [6, 6.07) is 11.2. The van der Waals surface area contributed by atoms with Gasteiger partial charge < -0.3 is 19.3 Å². The van der Waals surface area contributed by atoms with Crippen LogP contribution in [-0.2, 0) is 23.3 Å². The Morgan fingerprint density at radius 3 is 1.86 bits per heavy atom. The van der Waals surface area contributed by atoms with Gasteiger partial charge in [0.25, 0.3) is 5.89 Å². The molecule has 1 aromatic heterocycles. The van der Waals surface area contributed by atoms with Gasteiger partial charge in [0.1, 0.15) is 18.1 Å². The van der Waals surface area contributed by atoms with Crippen molar-refractivity contribution >= 4 is 5.91 Å². The standard InChI is InChI=1S/C34H31F9N4O4/c1-20-14-16-47(18-22(20)19-50-27-12-8-25(9-13-27)34(41,42)43)28(30(48)44-15-17-49-26-10-6-24(7-11-26)33(38,39)40)31-45-29(46-51-31)21-2-4-23(5-3-21)32(35,36)37/h2-13,20,22,28H,14-19H2,1H3,(H,44,48)/t20-,22+,28?/m0/s1. The first kappa shape index (κ1) is 37.5. The Kier molecular flexibility index (Phi) is 11.2. The van der Waals surface area contributed by atoms with Crippen LogP contribution in [0, 0.1) is 11.8 Å². The average Bonchev–Trinajstić information content (AvgIpc) is 3.56. The summed E-state index contributed by atoms with van der Waals surface area (Å²) in [5.41, 5.74) is -2.34. The molecule has 1 fully saturated rings. The van der Waals surface area contributed by atoms with E-state index in [-0.39, 0.29) is 66.9 Å². The highest BCUT2D eigenvalue weighted by Gasteiger charge is 2.39. The van der Waals surface area contributed by atoms with Crippen LogP contribution < -0.4 is 14.8 Å². The number of alkyl halides is 9. The molecule has 1 aliphatic heterocycles. The first-order chi connectivity index (χ1) is 24.0. The lowest BCUT2D eigenvalue weighted by Crippen LogP contribution is -2.48. The van der Waals surface area contributed by atoms with Crippen LogP contribution in [-0.4, -0.2) is 53.8 Å². The number of likely N-dealkylation sites (tertiary alicyclic amines) is 1. The van der Waals surface area contributed by atoms with Gasteiger partial charge >= 0.3 is 18.5 Å². The largest absolute Gasteiger partial charge is 0.493 e. The van der Waals surface area contributed by atoms with E-state index in [0.717, 1.165) is 48.5 Å². The minimum absolute atomic E-state index is 0.0604. The number of carbonyl (C=O) groups is 1. The summed E-state index contributed by atoms with van der Waals surface area (Å²) < 4.78 is 134. The van der Waals surface area contributed by atoms with Gasteiger partial charge in [0.15, 0.2) is 6.04 Å². The molecule has 1 amide bonds. The van der Waals surface area contributed by atoms with Gasteiger partial charge in [0.05, 0.1) is 29.8 Å². The second kappa shape index (κ2) is 15.2. The summed E-state index contributed by atoms with van der Waals surface area (Å²) >= 11 is 0. The number of aromatic nitrogens is 2. The van der Waals surface area contributed by atoms with Crippen molar-refractivity contribution in [3.63, 3.8) is 0 Å². The van der Waals surface area contributed by atoms with E-state index in [9.17, 15) is 44.3 Å². The van der Waals surface area contributed by atoms with E-state index in [1.807, 2.05) is 6.92 Å². The summed E-state index contributed by atoms with van der Waals surface area (Å²) in [7, 11) is 0. The van der Waals surface area contributed by atoms with Crippen molar-refractivity contribution in [2.75, 3.05) is 32.8 Å². The number of nitrogens with one attached hydrogen (secondary N) is 1. The number of piperidine rings is 1. The Hall–Kier alpha value is -4.80. The molecule has 3 atom stereocenters. The number of rotatable bonds is 11. The van der Waals surface area contributed by atoms with E-state index in [2.05, 4.69) is 15.5 Å². The van der Waals surface area contributed by atoms with Crippen LogP contribution in [0.5, 0.6) is 11.5 Å². The fraction of sp³-hybridized carbons (Fsp3) is 0.382. The number of ether oxygens (including phenoxy) is 2. The summed E-state index contributed by atoms with van der Waals surface area (Å²) in [4.78, 5) is 19.8. The Morgan fingerprint density at radius 1 is 0.824 bits per heavy atom. The van der Waals surface area contributed by atoms with E-state index in [1.165, 1.54) is 24.3 Å². The van der Waals surface area contributed by atoms with Crippen LogP contribution in [0.4, 0.5) is 39.5 Å². The van der Waals surface area contributed by atoms with Gasteiger partial charge in [-0.15, -0.1) is 0 Å². The fourth-order valence-corrected chi connectivity index (χ4v) is 5.46. The van der Waals surface area contributed by atoms with Gasteiger partial charge in [-0.1, -0.05) is 24.2 Å². The van der Waals surface area contributed by atoms with Gasteiger partial charge in [-0.2, -0.15) is 44.5 Å². The summed E-state index contributed by atoms with van der Waals surface area (Å²) in [5, 5.41) is 6.58. The van der Waals surface area contributed by atoms with Gasteiger partial charge in [-0.25, -0.2) is 0 Å². The molecule has 0 bridgehead atoms. The predicted molar refractivity (Wildman–Crippen MR) is 163 cm³/mol. The number of nitrogens with zero attached hydrogens (tertiary/aromatic N) is 3. The van der Waals surface area contributed by atoms with Gasteiger partial charge in [0.2, 0.25) is 11.7 Å². The van der Waals surface area contributed by atoms with Gasteiger partial charge in [-0.3, -0.25) is 9.69 Å². The SMILES string of the molecule is C[C@H]1CCN(C(C(=O)NCCOc2ccc(C(F)(F)F)cc2)c2nc(-c3ccc(C(F)(F)F)cc3)no2)C[C@@H]1COc1ccc(C(F)(F)F)cc1. The Labute approximate surface area is 285 Å². The summed E-state index contributed by atoms with van der Waals surface area (Å²) in [5.74, 6) is -0.539. The Bertz CT molecular complexity index is 1740. The minimum atomic E-state index is -4.56. The van der Waals surface area contributed by atoms with Crippen LogP contribution >= 0.6 is 0 Å². The lowest BCUT2D eigenvalue weighted by molar-refractivity contribution is -0.138. The molecule has 1 unspecified atom stereocenters. The molecular formula is C34H31F9N4O4. The van der Waals surface area contributed by atoms with Crippen molar-refractivity contribution in [1.82, 2.24) is 20.4 Å². The van der Waals surface area contributed by atoms with Crippen LogP contribution in [0.25, 0.3) is 11.4 Å². The lowest BCUT2D eigenvalue weighted by Gasteiger charge is -2.39. The monoisotopic (exact) mass is 730 g/mol. The molecule has 5 rings (SSSR count). The number of halogens is 9. The highest BCUT2D eigenvalue weighted by Crippen LogP contribution is 2.35. The molecule has 3 aromatic carbocycles. The average molecular weight is 731 g/mol. The second-order valence-corrected chi connectivity index (χ2v) is 11.9. The number of amides is 1. The van der Waals surface area contributed by atoms with Crippen molar-refractivity contribution in [2.45, 2.75) is 37.9 Å². The smallest absolute Gasteiger partial charge is 0.416 e. The van der Waals surface area contributed by atoms with E-state index < -0.39 is 47.2 Å². The third-order valence-corrected chi connectivity index (χ3v) is 8.40. The molecule has 1 N–H and O–H groups in total. The molecule has 4 aromatic rings. The molecule has 0 aliphatic carbocycles. The first-order valence-electron chi connectivity index (χ1n) is 15.6. The second-order valence-electron chi connectivity index (χ2n) is 11.9. The maximum absolute atomic E-state index is 13.7. The quantitative estimate of drug-likeness (QED) is 0.123. The molecule has 274 valence electrons. The summed E-state index contributed by atoms with van der Waals surface area (Å²) in [6.07, 6.45) is -13.0. The molecule has 0 saturated carbocycles. The van der Waals surface area contributed by atoms with Crippen LogP contribution in [0.2, 0.25) is 0 Å². The zero-order chi connectivity index (χ0) is 37.0. The maximum Gasteiger partial charge on any atom is 0.416 e. The van der Waals surface area contributed by atoms with Gasteiger partial charge in [0, 0.05) is 18.0 Å². The molecule has 2 heterocycles. The van der Waals surface area contributed by atoms with Crippen molar-refractivity contribution in [3.8, 4) is 22.9 Å². The molecule has 17 heteroatoms. The molecular weight excluding hydrogens is 699 g/mol. The van der Waals surface area contributed by atoms with E-state index in [4.69, 9.17) is 14.0 Å². The normalized spacial score (nSPS) is 17.9. The van der Waals surface area contributed by atoms with E-state index in [0.29, 0.717) is 13.0 Å². The number of benzene rings is 3. The number of hydrogen-bond acceptors (Lipinski definition) is 7. The third kappa shape index (κ3) is 9.71. The highest BCUT2D eigenvalue weighted by molar-refractivity contribution is 5.82.